The summed E-state index contributed by atoms with van der Waals surface area (Å²) in [6.07, 6.45) is 1.48. The molecular weight excluding hydrogens is 453 g/mol. The Balaban J connectivity index is 2.18. The van der Waals surface area contributed by atoms with Crippen LogP contribution in [0.5, 0.6) is 5.88 Å². The summed E-state index contributed by atoms with van der Waals surface area (Å²) in [5.41, 5.74) is -0.494. The summed E-state index contributed by atoms with van der Waals surface area (Å²) in [6, 6.07) is 5.74. The Kier molecular flexibility index (Phi) is 6.64. The second kappa shape index (κ2) is 9.52. The van der Waals surface area contributed by atoms with E-state index >= 15 is 0 Å². The van der Waals surface area contributed by atoms with Gasteiger partial charge in [0, 0.05) is 13.1 Å². The number of rotatable bonds is 8. The average molecular weight is 484 g/mol. The number of imidazole rings is 1. The van der Waals surface area contributed by atoms with Crippen molar-refractivity contribution in [2.75, 3.05) is 0 Å². The van der Waals surface area contributed by atoms with Crippen molar-refractivity contribution in [3.63, 3.8) is 0 Å². The van der Waals surface area contributed by atoms with E-state index in [-0.39, 0.29) is 53.8 Å². The Morgan fingerprint density at radius 1 is 0.943 bits per heavy atom. The summed E-state index contributed by atoms with van der Waals surface area (Å²) in [6.45, 7) is 8.22. The second-order valence-electron chi connectivity index (χ2n) is 9.23. The maximum atomic E-state index is 13.5. The van der Waals surface area contributed by atoms with Gasteiger partial charge in [0.25, 0.3) is 11.1 Å². The van der Waals surface area contributed by atoms with Crippen molar-refractivity contribution in [2.45, 2.75) is 66.6 Å². The highest BCUT2D eigenvalue weighted by molar-refractivity contribution is 5.76. The van der Waals surface area contributed by atoms with Gasteiger partial charge in [-0.25, -0.2) is 13.6 Å². The number of hydrogen-bond donors (Lipinski definition) is 1. The van der Waals surface area contributed by atoms with Crippen LogP contribution in [0.2, 0.25) is 0 Å². The van der Waals surface area contributed by atoms with Crippen molar-refractivity contribution in [3.8, 4) is 5.88 Å². The fraction of sp³-hybridized carbons (Fsp3) is 0.440. The third-order valence-electron chi connectivity index (χ3n) is 5.99. The molecule has 35 heavy (non-hydrogen) atoms. The Morgan fingerprint density at radius 2 is 1.57 bits per heavy atom. The molecule has 186 valence electrons. The van der Waals surface area contributed by atoms with E-state index in [0.717, 1.165) is 4.57 Å². The summed E-state index contributed by atoms with van der Waals surface area (Å²) in [4.78, 5) is 44.7. The largest absolute Gasteiger partial charge is 0.494 e. The molecule has 1 N–H and O–H groups in total. The van der Waals surface area contributed by atoms with E-state index in [1.807, 2.05) is 27.7 Å². The van der Waals surface area contributed by atoms with Crippen LogP contribution in [-0.4, -0.2) is 28.2 Å². The molecule has 4 aromatic rings. The molecule has 0 spiro atoms. The van der Waals surface area contributed by atoms with Crippen LogP contribution in [0, 0.1) is 11.7 Å². The number of halogens is 1. The molecule has 3 heterocycles. The third kappa shape index (κ3) is 4.17. The summed E-state index contributed by atoms with van der Waals surface area (Å²) in [5.74, 6) is -0.646. The number of fused-ring (bicyclic) bond motifs is 3. The number of aromatic nitrogens is 5. The molecule has 0 fully saturated rings. The molecule has 0 aliphatic heterocycles. The first-order valence-electron chi connectivity index (χ1n) is 11.9. The molecule has 0 unspecified atom stereocenters. The van der Waals surface area contributed by atoms with Gasteiger partial charge in [-0.2, -0.15) is 4.98 Å². The number of aryl methyl sites for hydroxylation is 1. The zero-order valence-electron chi connectivity index (χ0n) is 20.4. The molecule has 0 radical (unpaired) electrons. The van der Waals surface area contributed by atoms with Crippen LogP contribution in [0.3, 0.4) is 0 Å². The molecular formula is C25H30FN5O4. The first-order valence-corrected chi connectivity index (χ1v) is 11.9. The second-order valence-corrected chi connectivity index (χ2v) is 9.23. The molecule has 0 aliphatic carbocycles. The van der Waals surface area contributed by atoms with Crippen molar-refractivity contribution in [2.24, 2.45) is 5.92 Å². The van der Waals surface area contributed by atoms with E-state index in [2.05, 4.69) is 4.98 Å². The lowest BCUT2D eigenvalue weighted by atomic mass is 10.1. The first kappa shape index (κ1) is 24.4. The van der Waals surface area contributed by atoms with Crippen molar-refractivity contribution in [1.29, 1.82) is 0 Å². The predicted octanol–water partition coefficient (Wildman–Crippen LogP) is 2.88. The number of nitrogens with zero attached hydrogens (tertiary/aromatic N) is 5. The molecule has 0 saturated heterocycles. The lowest BCUT2D eigenvalue weighted by molar-refractivity contribution is 0.428. The molecule has 1 aromatic carbocycles. The summed E-state index contributed by atoms with van der Waals surface area (Å²) < 4.78 is 18.7. The topological polar surface area (TPSA) is 104 Å². The Hall–Kier alpha value is -3.69. The third-order valence-corrected chi connectivity index (χ3v) is 5.99. The molecule has 0 bridgehead atoms. The predicted molar refractivity (Wildman–Crippen MR) is 132 cm³/mol. The lowest BCUT2D eigenvalue weighted by Crippen LogP contribution is -2.40. The lowest BCUT2D eigenvalue weighted by Gasteiger charge is -2.14. The monoisotopic (exact) mass is 483 g/mol. The van der Waals surface area contributed by atoms with Gasteiger partial charge >= 0.3 is 5.69 Å². The SMILES string of the molecule is CCCn1c(=O)c2c(nc3n(Cc4ccc(F)cc4)c(=O)c(CC(C)C)c(O)n23)n(CCC)c1=O. The maximum Gasteiger partial charge on any atom is 0.332 e. The summed E-state index contributed by atoms with van der Waals surface area (Å²) >= 11 is 0. The van der Waals surface area contributed by atoms with Crippen LogP contribution >= 0.6 is 0 Å². The Labute approximate surface area is 200 Å². The van der Waals surface area contributed by atoms with Crippen LogP contribution in [0.15, 0.2) is 38.6 Å². The smallest absolute Gasteiger partial charge is 0.332 e. The molecule has 0 amide bonds. The molecule has 9 nitrogen and oxygen atoms in total. The van der Waals surface area contributed by atoms with Crippen LogP contribution in [-0.2, 0) is 26.1 Å². The standard InChI is InChI=1S/C25H30FN5O4/c1-5-11-28-20-19(23(34)29(12-6-2)25(28)35)31-22(33)18(13-15(3)4)21(32)30(24(31)27-20)14-16-7-9-17(26)10-8-16/h7-10,15,33H,5-6,11-14H2,1-4H3. The molecule has 4 rings (SSSR count). The number of benzene rings is 1. The van der Waals surface area contributed by atoms with Crippen LogP contribution in [0.4, 0.5) is 4.39 Å². The first-order chi connectivity index (χ1) is 16.7. The van der Waals surface area contributed by atoms with Gasteiger partial charge in [0.15, 0.2) is 11.2 Å². The van der Waals surface area contributed by atoms with Crippen LogP contribution in [0.25, 0.3) is 16.9 Å². The van der Waals surface area contributed by atoms with Gasteiger partial charge in [0.2, 0.25) is 11.7 Å². The Bertz CT molecular complexity index is 1580. The van der Waals surface area contributed by atoms with E-state index in [1.54, 1.807) is 12.1 Å². The highest BCUT2D eigenvalue weighted by Gasteiger charge is 2.25. The molecule has 0 atom stereocenters. The van der Waals surface area contributed by atoms with Gasteiger partial charge in [0.05, 0.1) is 12.1 Å². The fourth-order valence-electron chi connectivity index (χ4n) is 4.44. The zero-order valence-corrected chi connectivity index (χ0v) is 20.4. The van der Waals surface area contributed by atoms with Crippen molar-refractivity contribution in [3.05, 3.63) is 72.4 Å². The molecule has 3 aromatic heterocycles. The van der Waals surface area contributed by atoms with E-state index in [4.69, 9.17) is 0 Å². The quantitative estimate of drug-likeness (QED) is 0.415. The summed E-state index contributed by atoms with van der Waals surface area (Å²) in [7, 11) is 0. The molecule has 0 saturated carbocycles. The molecule has 10 heteroatoms. The number of hydrogen-bond acceptors (Lipinski definition) is 5. The van der Waals surface area contributed by atoms with Crippen LogP contribution in [0.1, 0.15) is 51.7 Å². The highest BCUT2D eigenvalue weighted by Crippen LogP contribution is 2.24. The minimum atomic E-state index is -0.565. The normalized spacial score (nSPS) is 11.8. The van der Waals surface area contributed by atoms with Crippen molar-refractivity contribution >= 4 is 16.9 Å². The highest BCUT2D eigenvalue weighted by atomic mass is 19.1. The minimum Gasteiger partial charge on any atom is -0.494 e. The van der Waals surface area contributed by atoms with E-state index in [9.17, 15) is 23.9 Å². The van der Waals surface area contributed by atoms with Crippen molar-refractivity contribution in [1.82, 2.24) is 23.1 Å². The van der Waals surface area contributed by atoms with E-state index in [1.165, 1.54) is 25.7 Å². The zero-order chi connectivity index (χ0) is 25.4. The molecule has 0 aliphatic rings. The van der Waals surface area contributed by atoms with E-state index < -0.39 is 22.6 Å². The van der Waals surface area contributed by atoms with Gasteiger partial charge in [-0.05, 0) is 42.9 Å². The maximum absolute atomic E-state index is 13.5. The summed E-state index contributed by atoms with van der Waals surface area (Å²) in [5, 5.41) is 11.3. The Morgan fingerprint density at radius 3 is 2.17 bits per heavy atom. The van der Waals surface area contributed by atoms with Gasteiger partial charge in [-0.15, -0.1) is 0 Å². The van der Waals surface area contributed by atoms with Crippen molar-refractivity contribution < 1.29 is 9.50 Å². The minimum absolute atomic E-state index is 0.0509. The fourth-order valence-corrected chi connectivity index (χ4v) is 4.44. The number of aromatic hydroxyl groups is 1. The van der Waals surface area contributed by atoms with Gasteiger partial charge in [0.1, 0.15) is 5.82 Å². The van der Waals surface area contributed by atoms with Gasteiger partial charge in [-0.3, -0.25) is 23.3 Å². The van der Waals surface area contributed by atoms with Crippen LogP contribution < -0.4 is 16.8 Å². The van der Waals surface area contributed by atoms with E-state index in [0.29, 0.717) is 24.9 Å². The van der Waals surface area contributed by atoms with Gasteiger partial charge in [-0.1, -0.05) is 39.8 Å². The van der Waals surface area contributed by atoms with Gasteiger partial charge < -0.3 is 5.11 Å². The average Bonchev–Trinajstić information content (AvgIpc) is 3.21.